The fourth-order valence-corrected chi connectivity index (χ4v) is 1.46. The number of halogens is 2. The van der Waals surface area contributed by atoms with Gasteiger partial charge in [-0.25, -0.2) is 4.99 Å². The van der Waals surface area contributed by atoms with Gasteiger partial charge in [0.2, 0.25) is 0 Å². The van der Waals surface area contributed by atoms with Crippen LogP contribution in [0.1, 0.15) is 25.3 Å². The van der Waals surface area contributed by atoms with Gasteiger partial charge in [-0.3, -0.25) is 0 Å². The summed E-state index contributed by atoms with van der Waals surface area (Å²) in [4.78, 5) is 4.10. The molecule has 0 saturated heterocycles. The van der Waals surface area contributed by atoms with Crippen molar-refractivity contribution in [1.82, 2.24) is 0 Å². The number of nitrogens with zero attached hydrogens (tertiary/aromatic N) is 1. The quantitative estimate of drug-likeness (QED) is 0.639. The van der Waals surface area contributed by atoms with Gasteiger partial charge < -0.3 is 5.73 Å². The molecule has 2 nitrogen and oxygen atoms in total. The maximum absolute atomic E-state index is 5.88. The third-order valence-electron chi connectivity index (χ3n) is 1.96. The number of nitrogens with two attached hydrogens (primary N) is 1. The molecule has 4 heteroatoms. The third kappa shape index (κ3) is 4.25. The molecule has 0 aromatic heterocycles. The lowest BCUT2D eigenvalue weighted by Crippen LogP contribution is -2.09. The first kappa shape index (κ1) is 13.1. The van der Waals surface area contributed by atoms with Crippen molar-refractivity contribution in [1.29, 1.82) is 0 Å². The van der Waals surface area contributed by atoms with E-state index in [4.69, 9.17) is 28.9 Å². The van der Waals surface area contributed by atoms with Gasteiger partial charge in [0.05, 0.1) is 15.9 Å². The Labute approximate surface area is 106 Å². The first-order valence-electron chi connectivity index (χ1n) is 5.07. The summed E-state index contributed by atoms with van der Waals surface area (Å²) in [6, 6.07) is 5.41. The van der Waals surface area contributed by atoms with E-state index in [0.29, 0.717) is 15.9 Å². The van der Waals surface area contributed by atoms with Crippen LogP contribution in [0.4, 0.5) is 0 Å². The molecular weight excluding hydrogens is 243 g/mol. The molecule has 0 spiro atoms. The Balaban J connectivity index is 2.69. The summed E-state index contributed by atoms with van der Waals surface area (Å²) in [6.45, 7) is 2.06. The second-order valence-corrected chi connectivity index (χ2v) is 4.17. The highest BCUT2D eigenvalue weighted by molar-refractivity contribution is 6.42. The topological polar surface area (TPSA) is 38.4 Å². The summed E-state index contributed by atoms with van der Waals surface area (Å²) in [7, 11) is 0. The van der Waals surface area contributed by atoms with Gasteiger partial charge in [-0.05, 0) is 30.2 Å². The minimum atomic E-state index is 0.536. The van der Waals surface area contributed by atoms with E-state index in [0.717, 1.165) is 18.4 Å². The Morgan fingerprint density at radius 3 is 2.75 bits per heavy atom. The molecule has 0 saturated carbocycles. The van der Waals surface area contributed by atoms with Crippen molar-refractivity contribution in [2.24, 2.45) is 10.7 Å². The van der Waals surface area contributed by atoms with Gasteiger partial charge in [-0.2, -0.15) is 0 Å². The van der Waals surface area contributed by atoms with Crippen LogP contribution in [0.3, 0.4) is 0 Å². The highest BCUT2D eigenvalue weighted by atomic mass is 35.5. The summed E-state index contributed by atoms with van der Waals surface area (Å²) < 4.78 is 0. The number of hydrogen-bond donors (Lipinski definition) is 1. The molecule has 1 rings (SSSR count). The van der Waals surface area contributed by atoms with Crippen molar-refractivity contribution >= 4 is 35.1 Å². The van der Waals surface area contributed by atoms with Crippen LogP contribution in [0.2, 0.25) is 10.0 Å². The lowest BCUT2D eigenvalue weighted by Gasteiger charge is -1.97. The van der Waals surface area contributed by atoms with E-state index in [-0.39, 0.29) is 0 Å². The summed E-state index contributed by atoms with van der Waals surface area (Å²) in [5.41, 5.74) is 6.60. The first-order valence-corrected chi connectivity index (χ1v) is 5.83. The molecule has 86 valence electrons. The number of hydrogen-bond acceptors (Lipinski definition) is 1. The molecule has 1 aromatic carbocycles. The lowest BCUT2D eigenvalue weighted by atomic mass is 10.2. The number of amidine groups is 1. The van der Waals surface area contributed by atoms with Crippen molar-refractivity contribution in [2.45, 2.75) is 19.8 Å². The number of benzene rings is 1. The molecule has 0 radical (unpaired) electrons. The first-order chi connectivity index (χ1) is 7.63. The van der Waals surface area contributed by atoms with Gasteiger partial charge in [-0.15, -0.1) is 0 Å². The number of aliphatic imine (C=N–C) groups is 1. The van der Waals surface area contributed by atoms with Crippen molar-refractivity contribution in [3.63, 3.8) is 0 Å². The SMILES string of the molecule is CCCC(N)=N/C=C/c1ccc(Cl)c(Cl)c1. The van der Waals surface area contributed by atoms with E-state index in [9.17, 15) is 0 Å². The molecule has 0 bridgehead atoms. The van der Waals surface area contributed by atoms with Crippen LogP contribution >= 0.6 is 23.2 Å². The van der Waals surface area contributed by atoms with Crippen LogP contribution in [0.15, 0.2) is 29.4 Å². The third-order valence-corrected chi connectivity index (χ3v) is 2.70. The molecule has 0 unspecified atom stereocenters. The monoisotopic (exact) mass is 256 g/mol. The van der Waals surface area contributed by atoms with E-state index in [1.165, 1.54) is 0 Å². The molecule has 1 aromatic rings. The molecule has 0 aliphatic rings. The van der Waals surface area contributed by atoms with Crippen molar-refractivity contribution in [3.8, 4) is 0 Å². The fourth-order valence-electron chi connectivity index (χ4n) is 1.16. The van der Waals surface area contributed by atoms with E-state index < -0.39 is 0 Å². The second kappa shape index (κ2) is 6.56. The summed E-state index contributed by atoms with van der Waals surface area (Å²) in [5, 5.41) is 1.09. The second-order valence-electron chi connectivity index (χ2n) is 3.36. The van der Waals surface area contributed by atoms with Gasteiger partial charge in [-0.1, -0.05) is 36.2 Å². The molecule has 16 heavy (non-hydrogen) atoms. The van der Waals surface area contributed by atoms with Crippen LogP contribution in [-0.2, 0) is 0 Å². The highest BCUT2D eigenvalue weighted by Crippen LogP contribution is 2.23. The summed E-state index contributed by atoms with van der Waals surface area (Å²) in [6.07, 6.45) is 5.32. The minimum absolute atomic E-state index is 0.536. The van der Waals surface area contributed by atoms with Gasteiger partial charge >= 0.3 is 0 Å². The van der Waals surface area contributed by atoms with E-state index in [2.05, 4.69) is 11.9 Å². The maximum atomic E-state index is 5.88. The Morgan fingerprint density at radius 1 is 1.38 bits per heavy atom. The van der Waals surface area contributed by atoms with Gasteiger partial charge in [0, 0.05) is 12.6 Å². The van der Waals surface area contributed by atoms with Crippen molar-refractivity contribution in [3.05, 3.63) is 40.0 Å². The molecule has 0 amide bonds. The van der Waals surface area contributed by atoms with Gasteiger partial charge in [0.25, 0.3) is 0 Å². The lowest BCUT2D eigenvalue weighted by molar-refractivity contribution is 0.983. The molecule has 2 N–H and O–H groups in total. The predicted molar refractivity (Wildman–Crippen MR) is 72.0 cm³/mol. The van der Waals surface area contributed by atoms with Crippen molar-refractivity contribution < 1.29 is 0 Å². The van der Waals surface area contributed by atoms with Crippen LogP contribution in [0.25, 0.3) is 6.08 Å². The Morgan fingerprint density at radius 2 is 2.12 bits per heavy atom. The molecule has 0 aliphatic heterocycles. The Hall–Kier alpha value is -0.990. The molecular formula is C12H14Cl2N2. The van der Waals surface area contributed by atoms with Crippen LogP contribution < -0.4 is 5.73 Å². The fraction of sp³-hybridized carbons (Fsp3) is 0.250. The zero-order chi connectivity index (χ0) is 12.0. The van der Waals surface area contributed by atoms with Crippen LogP contribution in [0.5, 0.6) is 0 Å². The van der Waals surface area contributed by atoms with E-state index in [1.54, 1.807) is 18.3 Å². The highest BCUT2D eigenvalue weighted by Gasteiger charge is 1.96. The average Bonchev–Trinajstić information content (AvgIpc) is 2.24. The zero-order valence-corrected chi connectivity index (χ0v) is 10.6. The van der Waals surface area contributed by atoms with Crippen LogP contribution in [0, 0.1) is 0 Å². The average molecular weight is 257 g/mol. The van der Waals surface area contributed by atoms with Gasteiger partial charge in [0.1, 0.15) is 0 Å². The largest absolute Gasteiger partial charge is 0.387 e. The van der Waals surface area contributed by atoms with Crippen LogP contribution in [-0.4, -0.2) is 5.84 Å². The molecule has 0 aliphatic carbocycles. The van der Waals surface area contributed by atoms with Gasteiger partial charge in [0.15, 0.2) is 0 Å². The van der Waals surface area contributed by atoms with E-state index in [1.807, 2.05) is 12.1 Å². The minimum Gasteiger partial charge on any atom is -0.387 e. The van der Waals surface area contributed by atoms with Crippen molar-refractivity contribution in [2.75, 3.05) is 0 Å². The smallest absolute Gasteiger partial charge is 0.0988 e. The predicted octanol–water partition coefficient (Wildman–Crippen LogP) is 4.12. The molecule has 0 atom stereocenters. The normalized spacial score (nSPS) is 12.3. The summed E-state index contributed by atoms with van der Waals surface area (Å²) >= 11 is 11.7. The maximum Gasteiger partial charge on any atom is 0.0988 e. The van der Waals surface area contributed by atoms with E-state index >= 15 is 0 Å². The Bertz CT molecular complexity index is 411. The number of rotatable bonds is 4. The molecule has 0 fully saturated rings. The standard InChI is InChI=1S/C12H14Cl2N2/c1-2-3-12(15)16-7-6-9-4-5-10(13)11(14)8-9/h4-8H,2-3H2,1H3,(H2,15,16)/b7-6+. The summed E-state index contributed by atoms with van der Waals surface area (Å²) in [5.74, 6) is 0.638. The molecule has 0 heterocycles. The zero-order valence-electron chi connectivity index (χ0n) is 9.08. The Kier molecular flexibility index (Phi) is 5.36.